The van der Waals surface area contributed by atoms with Crippen LogP contribution in [0.15, 0.2) is 89.3 Å². The van der Waals surface area contributed by atoms with E-state index in [1.54, 1.807) is 0 Å². The molecule has 2 heteroatoms. The molecule has 0 saturated heterocycles. The van der Waals surface area contributed by atoms with Gasteiger partial charge >= 0.3 is 0 Å². The molecule has 6 aromatic carbocycles. The number of hydrogen-bond acceptors (Lipinski definition) is 1. The SMILES string of the molecule is Cc1cc(C)c2c(c1)oc1cccc3c1c2c1cccc2[nH]c4c5ccccc5ccc4c3c21. The zero-order chi connectivity index (χ0) is 22.6. The summed E-state index contributed by atoms with van der Waals surface area (Å²) in [6.07, 6.45) is 0. The molecule has 0 spiro atoms. The Bertz CT molecular complexity index is 2140. The Morgan fingerprint density at radius 1 is 0.559 bits per heavy atom. The highest BCUT2D eigenvalue weighted by Crippen LogP contribution is 2.46. The number of hydrogen-bond donors (Lipinski definition) is 1. The number of H-pyrrole nitrogens is 1. The minimum Gasteiger partial charge on any atom is -0.456 e. The minimum absolute atomic E-state index is 0.939. The summed E-state index contributed by atoms with van der Waals surface area (Å²) < 4.78 is 6.55. The molecule has 8 rings (SSSR count). The standard InChI is InChI=1S/C32H21NO/c1-17-15-18(2)27-26(16-17)34-25-12-6-10-21-28-23-14-13-19-7-3-4-8-20(19)32(23)33-24-11-5-9-22(29(24)28)31(27)30(21)25/h3-16,33H,1-2H3. The molecule has 0 aliphatic carbocycles. The van der Waals surface area contributed by atoms with Gasteiger partial charge < -0.3 is 9.40 Å². The number of rotatable bonds is 0. The lowest BCUT2D eigenvalue weighted by atomic mass is 9.88. The fourth-order valence-electron chi connectivity index (χ4n) is 6.22. The van der Waals surface area contributed by atoms with Crippen LogP contribution in [0.3, 0.4) is 0 Å². The molecule has 2 nitrogen and oxygen atoms in total. The molecule has 0 aliphatic rings. The quantitative estimate of drug-likeness (QED) is 0.187. The van der Waals surface area contributed by atoms with Crippen LogP contribution < -0.4 is 0 Å². The normalized spacial score (nSPS) is 12.4. The summed E-state index contributed by atoms with van der Waals surface area (Å²) in [7, 11) is 0. The lowest BCUT2D eigenvalue weighted by molar-refractivity contribution is 0.661. The van der Waals surface area contributed by atoms with Gasteiger partial charge in [0.25, 0.3) is 0 Å². The van der Waals surface area contributed by atoms with Gasteiger partial charge in [-0.3, -0.25) is 0 Å². The summed E-state index contributed by atoms with van der Waals surface area (Å²) in [4.78, 5) is 3.81. The summed E-state index contributed by atoms with van der Waals surface area (Å²) in [5.74, 6) is 0. The predicted molar refractivity (Wildman–Crippen MR) is 145 cm³/mol. The number of nitrogens with one attached hydrogen (secondary N) is 1. The van der Waals surface area contributed by atoms with Crippen LogP contribution in [0.5, 0.6) is 0 Å². The third-order valence-electron chi connectivity index (χ3n) is 7.50. The van der Waals surface area contributed by atoms with Crippen molar-refractivity contribution in [2.75, 3.05) is 0 Å². The van der Waals surface area contributed by atoms with Crippen molar-refractivity contribution in [2.45, 2.75) is 13.8 Å². The first-order valence-corrected chi connectivity index (χ1v) is 11.8. The summed E-state index contributed by atoms with van der Waals surface area (Å²) in [6, 6.07) is 30.7. The number of pyridine rings is 1. The Kier molecular flexibility index (Phi) is 3.30. The maximum atomic E-state index is 6.55. The Morgan fingerprint density at radius 3 is 2.26 bits per heavy atom. The van der Waals surface area contributed by atoms with Crippen molar-refractivity contribution in [3.63, 3.8) is 0 Å². The molecule has 0 saturated carbocycles. The average molecular weight is 436 g/mol. The first kappa shape index (κ1) is 18.2. The Morgan fingerprint density at radius 2 is 1.35 bits per heavy atom. The molecule has 0 amide bonds. The van der Waals surface area contributed by atoms with Crippen molar-refractivity contribution < 1.29 is 4.42 Å². The second-order valence-corrected chi connectivity index (χ2v) is 9.55. The van der Waals surface area contributed by atoms with Crippen molar-refractivity contribution in [3.8, 4) is 0 Å². The van der Waals surface area contributed by atoms with Gasteiger partial charge in [0, 0.05) is 43.2 Å². The molecule has 0 aliphatic heterocycles. The average Bonchev–Trinajstić information content (AvgIpc) is 2.85. The zero-order valence-corrected chi connectivity index (χ0v) is 19.0. The summed E-state index contributed by atoms with van der Waals surface area (Å²) >= 11 is 0. The summed E-state index contributed by atoms with van der Waals surface area (Å²) in [5, 5.41) is 12.6. The van der Waals surface area contributed by atoms with Crippen LogP contribution in [-0.4, -0.2) is 4.98 Å². The van der Waals surface area contributed by atoms with Gasteiger partial charge in [-0.25, -0.2) is 0 Å². The van der Waals surface area contributed by atoms with Gasteiger partial charge in [-0.05, 0) is 59.3 Å². The smallest absolute Gasteiger partial charge is 0.135 e. The topological polar surface area (TPSA) is 28.9 Å². The highest BCUT2D eigenvalue weighted by atomic mass is 16.3. The van der Waals surface area contributed by atoms with Crippen LogP contribution in [0, 0.1) is 13.8 Å². The molecule has 8 aromatic rings. The van der Waals surface area contributed by atoms with Crippen LogP contribution in [0.4, 0.5) is 0 Å². The van der Waals surface area contributed by atoms with Crippen molar-refractivity contribution >= 4 is 76.1 Å². The third kappa shape index (κ3) is 2.16. The van der Waals surface area contributed by atoms with E-state index in [1.165, 1.54) is 70.5 Å². The van der Waals surface area contributed by atoms with Crippen molar-refractivity contribution in [1.82, 2.24) is 4.98 Å². The Labute approximate surface area is 195 Å². The van der Waals surface area contributed by atoms with E-state index < -0.39 is 0 Å². The van der Waals surface area contributed by atoms with Crippen LogP contribution in [0.25, 0.3) is 76.1 Å². The minimum atomic E-state index is 0.939. The van der Waals surface area contributed by atoms with E-state index in [1.807, 2.05) is 0 Å². The molecule has 0 atom stereocenters. The van der Waals surface area contributed by atoms with Gasteiger partial charge in [0.2, 0.25) is 0 Å². The molecule has 2 aromatic heterocycles. The predicted octanol–water partition coefficient (Wildman–Crippen LogP) is 9.30. The van der Waals surface area contributed by atoms with E-state index in [-0.39, 0.29) is 0 Å². The molecule has 160 valence electrons. The van der Waals surface area contributed by atoms with E-state index in [2.05, 4.69) is 104 Å². The monoisotopic (exact) mass is 435 g/mol. The number of aromatic nitrogens is 1. The van der Waals surface area contributed by atoms with Crippen LogP contribution in [0.2, 0.25) is 0 Å². The molecule has 0 radical (unpaired) electrons. The highest BCUT2D eigenvalue weighted by molar-refractivity contribution is 6.40. The van der Waals surface area contributed by atoms with Crippen LogP contribution in [0.1, 0.15) is 11.1 Å². The molecular formula is C32H21NO. The molecule has 0 bridgehead atoms. The number of aromatic amines is 1. The van der Waals surface area contributed by atoms with E-state index in [4.69, 9.17) is 4.42 Å². The molecule has 1 N–H and O–H groups in total. The Balaban J connectivity index is 1.78. The van der Waals surface area contributed by atoms with Crippen LogP contribution in [-0.2, 0) is 0 Å². The summed E-state index contributed by atoms with van der Waals surface area (Å²) in [5.41, 5.74) is 6.71. The number of aryl methyl sites for hydroxylation is 2. The lowest BCUT2D eigenvalue weighted by Gasteiger charge is -2.19. The first-order chi connectivity index (χ1) is 16.7. The maximum absolute atomic E-state index is 6.55. The molecule has 34 heavy (non-hydrogen) atoms. The van der Waals surface area contributed by atoms with Gasteiger partial charge in [-0.15, -0.1) is 0 Å². The molecule has 0 unspecified atom stereocenters. The second kappa shape index (κ2) is 6.18. The van der Waals surface area contributed by atoms with E-state index in [9.17, 15) is 0 Å². The second-order valence-electron chi connectivity index (χ2n) is 9.55. The maximum Gasteiger partial charge on any atom is 0.135 e. The zero-order valence-electron chi connectivity index (χ0n) is 19.0. The van der Waals surface area contributed by atoms with Gasteiger partial charge in [-0.1, -0.05) is 66.7 Å². The van der Waals surface area contributed by atoms with Crippen molar-refractivity contribution in [2.24, 2.45) is 0 Å². The number of benzene rings is 6. The fourth-order valence-corrected chi connectivity index (χ4v) is 6.22. The molecular weight excluding hydrogens is 414 g/mol. The fraction of sp³-hybridized carbons (Fsp3) is 0.0625. The number of fused-ring (bicyclic) bond motifs is 8. The molecule has 0 fully saturated rings. The third-order valence-corrected chi connectivity index (χ3v) is 7.50. The van der Waals surface area contributed by atoms with E-state index >= 15 is 0 Å². The van der Waals surface area contributed by atoms with E-state index in [0.29, 0.717) is 0 Å². The lowest BCUT2D eigenvalue weighted by Crippen LogP contribution is -1.93. The molecule has 2 heterocycles. The van der Waals surface area contributed by atoms with E-state index in [0.717, 1.165) is 16.7 Å². The Hall–Kier alpha value is -4.30. The highest BCUT2D eigenvalue weighted by Gasteiger charge is 2.20. The van der Waals surface area contributed by atoms with Gasteiger partial charge in [-0.2, -0.15) is 0 Å². The van der Waals surface area contributed by atoms with Crippen LogP contribution >= 0.6 is 0 Å². The first-order valence-electron chi connectivity index (χ1n) is 11.8. The van der Waals surface area contributed by atoms with Gasteiger partial charge in [0.05, 0.1) is 5.52 Å². The van der Waals surface area contributed by atoms with Gasteiger partial charge in [0.15, 0.2) is 0 Å². The van der Waals surface area contributed by atoms with Crippen molar-refractivity contribution in [3.05, 3.63) is 96.1 Å². The largest absolute Gasteiger partial charge is 0.456 e. The van der Waals surface area contributed by atoms with Crippen molar-refractivity contribution in [1.29, 1.82) is 0 Å². The van der Waals surface area contributed by atoms with Gasteiger partial charge in [0.1, 0.15) is 11.2 Å². The summed E-state index contributed by atoms with van der Waals surface area (Å²) in [6.45, 7) is 4.33.